The van der Waals surface area contributed by atoms with Gasteiger partial charge in [-0.05, 0) is 17.6 Å². The van der Waals surface area contributed by atoms with Gasteiger partial charge in [-0.1, -0.05) is 18.2 Å². The zero-order valence-corrected chi connectivity index (χ0v) is 9.22. The lowest BCUT2D eigenvalue weighted by molar-refractivity contribution is -0.132. The van der Waals surface area contributed by atoms with Gasteiger partial charge in [0.15, 0.2) is 0 Å². The lowest BCUT2D eigenvalue weighted by Crippen LogP contribution is -2.41. The van der Waals surface area contributed by atoms with E-state index >= 15 is 0 Å². The number of carboxylic acids is 1. The molecule has 0 aromatic rings. The summed E-state index contributed by atoms with van der Waals surface area (Å²) in [7, 11) is 0. The van der Waals surface area contributed by atoms with Crippen molar-refractivity contribution in [3.8, 4) is 0 Å². The van der Waals surface area contributed by atoms with E-state index < -0.39 is 17.0 Å². The number of allylic oxidation sites excluding steroid dienone is 3. The maximum atomic E-state index is 11.0. The second-order valence-electron chi connectivity index (χ2n) is 3.32. The lowest BCUT2D eigenvalue weighted by atomic mass is 9.91. The van der Waals surface area contributed by atoms with E-state index in [0.29, 0.717) is 5.57 Å². The average molecular weight is 246 g/mol. The molecule has 2 aliphatic rings. The summed E-state index contributed by atoms with van der Waals surface area (Å²) in [6.45, 7) is 0. The maximum Gasteiger partial charge on any atom is 0.335 e. The molecule has 2 rings (SSSR count). The van der Waals surface area contributed by atoms with Crippen LogP contribution in [0.2, 0.25) is 0 Å². The minimum Gasteiger partial charge on any atom is -0.478 e. The smallest absolute Gasteiger partial charge is 0.335 e. The highest BCUT2D eigenvalue weighted by atomic mass is 35.5. The molecule has 0 aromatic heterocycles. The van der Waals surface area contributed by atoms with Gasteiger partial charge in [-0.3, -0.25) is 5.32 Å². The molecule has 0 radical (unpaired) electrons. The van der Waals surface area contributed by atoms with Crippen LogP contribution < -0.4 is 5.32 Å². The summed E-state index contributed by atoms with van der Waals surface area (Å²) in [5, 5.41) is 11.8. The Labute approximate surface area is 97.1 Å². The number of rotatable bonds is 1. The van der Waals surface area contributed by atoms with Gasteiger partial charge in [-0.15, -0.1) is 23.2 Å². The maximum absolute atomic E-state index is 11.0. The van der Waals surface area contributed by atoms with Crippen LogP contribution >= 0.6 is 23.2 Å². The van der Waals surface area contributed by atoms with Crippen LogP contribution in [0.3, 0.4) is 0 Å². The fourth-order valence-electron chi connectivity index (χ4n) is 1.73. The fraction of sp³-hybridized carbons (Fsp3) is 0.300. The van der Waals surface area contributed by atoms with Crippen LogP contribution in [0.5, 0.6) is 0 Å². The molecular weight excluding hydrogens is 237 g/mol. The number of alkyl halides is 2. The van der Waals surface area contributed by atoms with Gasteiger partial charge in [-0.25, -0.2) is 4.79 Å². The summed E-state index contributed by atoms with van der Waals surface area (Å²) in [4.78, 5) is 11.0. The standard InChI is InChI=1S/C10H9Cl2NO2/c11-8-6-4-2-1-3-5(6)7(10(14)15)9(12)13-8/h1,3-4,8-9,13H,2H2,(H,14,15). The number of nitrogens with one attached hydrogen (secondary N) is 1. The molecule has 3 nitrogen and oxygen atoms in total. The molecule has 1 aliphatic carbocycles. The molecule has 0 saturated carbocycles. The van der Waals surface area contributed by atoms with Gasteiger partial charge in [0.1, 0.15) is 11.0 Å². The minimum atomic E-state index is -1.02. The zero-order valence-electron chi connectivity index (χ0n) is 7.71. The molecule has 2 unspecified atom stereocenters. The van der Waals surface area contributed by atoms with Gasteiger partial charge < -0.3 is 5.11 Å². The highest BCUT2D eigenvalue weighted by Crippen LogP contribution is 2.33. The number of fused-ring (bicyclic) bond motifs is 1. The lowest BCUT2D eigenvalue weighted by Gasteiger charge is -2.29. The van der Waals surface area contributed by atoms with Crippen LogP contribution in [-0.4, -0.2) is 22.1 Å². The van der Waals surface area contributed by atoms with Gasteiger partial charge in [-0.2, -0.15) is 0 Å². The van der Waals surface area contributed by atoms with E-state index in [4.69, 9.17) is 28.3 Å². The second kappa shape index (κ2) is 4.00. The van der Waals surface area contributed by atoms with Crippen LogP contribution in [0.1, 0.15) is 6.42 Å². The normalized spacial score (nSPS) is 29.9. The van der Waals surface area contributed by atoms with E-state index in [1.807, 2.05) is 12.2 Å². The predicted octanol–water partition coefficient (Wildman–Crippen LogP) is 1.99. The quantitative estimate of drug-likeness (QED) is 0.549. The third-order valence-electron chi connectivity index (χ3n) is 2.41. The van der Waals surface area contributed by atoms with Gasteiger partial charge in [0.25, 0.3) is 0 Å². The number of halogens is 2. The molecule has 0 spiro atoms. The van der Waals surface area contributed by atoms with E-state index in [2.05, 4.69) is 5.32 Å². The molecule has 1 aliphatic heterocycles. The second-order valence-corrected chi connectivity index (χ2v) is 4.19. The van der Waals surface area contributed by atoms with E-state index in [9.17, 15) is 4.79 Å². The molecular formula is C10H9Cl2NO2. The molecule has 15 heavy (non-hydrogen) atoms. The number of hydrogen-bond acceptors (Lipinski definition) is 2. The molecule has 0 aromatic carbocycles. The largest absolute Gasteiger partial charge is 0.478 e. The first kappa shape index (κ1) is 10.7. The highest BCUT2D eigenvalue weighted by molar-refractivity contribution is 6.28. The van der Waals surface area contributed by atoms with Crippen LogP contribution in [0, 0.1) is 0 Å². The molecule has 2 N–H and O–H groups in total. The summed E-state index contributed by atoms with van der Waals surface area (Å²) < 4.78 is 0. The number of carbonyl (C=O) groups is 1. The van der Waals surface area contributed by atoms with Crippen molar-refractivity contribution < 1.29 is 9.90 Å². The van der Waals surface area contributed by atoms with Crippen molar-refractivity contribution in [3.05, 3.63) is 34.9 Å². The van der Waals surface area contributed by atoms with Gasteiger partial charge in [0.2, 0.25) is 0 Å². The van der Waals surface area contributed by atoms with Crippen molar-refractivity contribution in [2.45, 2.75) is 17.4 Å². The van der Waals surface area contributed by atoms with Crippen molar-refractivity contribution in [3.63, 3.8) is 0 Å². The number of hydrogen-bond donors (Lipinski definition) is 2. The van der Waals surface area contributed by atoms with Crippen molar-refractivity contribution in [1.29, 1.82) is 0 Å². The summed E-state index contributed by atoms with van der Waals surface area (Å²) >= 11 is 11.9. The van der Waals surface area contributed by atoms with E-state index in [1.165, 1.54) is 0 Å². The third kappa shape index (κ3) is 1.83. The van der Waals surface area contributed by atoms with Crippen molar-refractivity contribution in [1.82, 2.24) is 5.32 Å². The first-order valence-electron chi connectivity index (χ1n) is 4.50. The molecule has 2 atom stereocenters. The van der Waals surface area contributed by atoms with Crippen molar-refractivity contribution in [2.24, 2.45) is 0 Å². The molecule has 1 heterocycles. The Hall–Kier alpha value is -0.770. The molecule has 0 saturated heterocycles. The summed E-state index contributed by atoms with van der Waals surface area (Å²) in [6, 6.07) is 0. The first-order chi connectivity index (χ1) is 7.11. The molecule has 0 amide bonds. The van der Waals surface area contributed by atoms with Gasteiger partial charge in [0.05, 0.1) is 5.57 Å². The number of carboxylic acid groups (broad SMARTS) is 1. The van der Waals surface area contributed by atoms with Crippen LogP contribution in [-0.2, 0) is 4.79 Å². The van der Waals surface area contributed by atoms with E-state index in [1.54, 1.807) is 6.08 Å². The Kier molecular flexibility index (Phi) is 2.87. The average Bonchev–Trinajstić information content (AvgIpc) is 2.17. The van der Waals surface area contributed by atoms with Crippen LogP contribution in [0.25, 0.3) is 0 Å². The molecule has 0 fully saturated rings. The minimum absolute atomic E-state index is 0.163. The Morgan fingerprint density at radius 3 is 2.87 bits per heavy atom. The van der Waals surface area contributed by atoms with Crippen LogP contribution in [0.4, 0.5) is 0 Å². The van der Waals surface area contributed by atoms with Crippen LogP contribution in [0.15, 0.2) is 34.9 Å². The zero-order chi connectivity index (χ0) is 11.0. The van der Waals surface area contributed by atoms with Gasteiger partial charge in [0, 0.05) is 0 Å². The predicted molar refractivity (Wildman–Crippen MR) is 58.9 cm³/mol. The van der Waals surface area contributed by atoms with Gasteiger partial charge >= 0.3 is 5.97 Å². The third-order valence-corrected chi connectivity index (χ3v) is 3.11. The summed E-state index contributed by atoms with van der Waals surface area (Å²) in [6.07, 6.45) is 6.33. The molecule has 5 heteroatoms. The Bertz CT molecular complexity index is 398. The summed E-state index contributed by atoms with van der Waals surface area (Å²) in [5.41, 5.74) is 0.423. The Morgan fingerprint density at radius 2 is 2.20 bits per heavy atom. The fourth-order valence-corrected chi connectivity index (χ4v) is 2.47. The Morgan fingerprint density at radius 1 is 1.47 bits per heavy atom. The van der Waals surface area contributed by atoms with Crippen molar-refractivity contribution in [2.75, 3.05) is 0 Å². The highest BCUT2D eigenvalue weighted by Gasteiger charge is 2.33. The first-order valence-corrected chi connectivity index (χ1v) is 5.37. The van der Waals surface area contributed by atoms with E-state index in [0.717, 1.165) is 12.0 Å². The van der Waals surface area contributed by atoms with E-state index in [-0.39, 0.29) is 5.57 Å². The summed E-state index contributed by atoms with van der Waals surface area (Å²) in [5.74, 6) is -1.02. The SMILES string of the molecule is O=C(O)C1=C2C=CCC=C2C(Cl)NC1Cl. The van der Waals surface area contributed by atoms with Crippen molar-refractivity contribution >= 4 is 29.2 Å². The molecule has 0 bridgehead atoms. The monoisotopic (exact) mass is 245 g/mol. The Balaban J connectivity index is 2.55. The number of aliphatic carboxylic acids is 1. The molecule has 80 valence electrons. The topological polar surface area (TPSA) is 49.3 Å².